The Labute approximate surface area is 222 Å². The molecule has 1 aromatic heterocycles. The fraction of sp³-hybridized carbons (Fsp3) is 0.281. The van der Waals surface area contributed by atoms with Gasteiger partial charge in [0.2, 0.25) is 5.91 Å². The molecule has 194 valence electrons. The van der Waals surface area contributed by atoms with Gasteiger partial charge in [-0.2, -0.15) is 0 Å². The number of nitrogens with zero attached hydrogens (tertiary/aromatic N) is 3. The summed E-state index contributed by atoms with van der Waals surface area (Å²) < 4.78 is 2.90. The summed E-state index contributed by atoms with van der Waals surface area (Å²) >= 11 is 0. The minimum absolute atomic E-state index is 0.0513. The number of aryl methyl sites for hydroxylation is 3. The normalized spacial score (nSPS) is 13.6. The van der Waals surface area contributed by atoms with Gasteiger partial charge in [0.15, 0.2) is 0 Å². The van der Waals surface area contributed by atoms with E-state index in [1.165, 1.54) is 21.3 Å². The van der Waals surface area contributed by atoms with Crippen LogP contribution in [0.2, 0.25) is 0 Å². The summed E-state index contributed by atoms with van der Waals surface area (Å²) in [5.74, 6) is -0.0513. The van der Waals surface area contributed by atoms with E-state index in [9.17, 15) is 14.4 Å². The van der Waals surface area contributed by atoms with Crippen LogP contribution < -0.4 is 11.2 Å². The predicted molar refractivity (Wildman–Crippen MR) is 152 cm³/mol. The van der Waals surface area contributed by atoms with Crippen molar-refractivity contribution in [2.24, 2.45) is 0 Å². The second kappa shape index (κ2) is 10.7. The highest BCUT2D eigenvalue weighted by molar-refractivity contribution is 5.79. The molecule has 0 spiro atoms. The smallest absolute Gasteiger partial charge is 0.331 e. The maximum atomic E-state index is 13.7. The average Bonchev–Trinajstić information content (AvgIpc) is 2.92. The lowest BCUT2D eigenvalue weighted by Gasteiger charge is -2.27. The van der Waals surface area contributed by atoms with Crippen molar-refractivity contribution < 1.29 is 4.79 Å². The van der Waals surface area contributed by atoms with Crippen molar-refractivity contribution >= 4 is 22.4 Å². The number of benzene rings is 3. The van der Waals surface area contributed by atoms with Crippen LogP contribution in [-0.4, -0.2) is 33.0 Å². The predicted octanol–water partition coefficient (Wildman–Crippen LogP) is 4.84. The van der Waals surface area contributed by atoms with Crippen molar-refractivity contribution in [1.29, 1.82) is 0 Å². The van der Waals surface area contributed by atoms with Gasteiger partial charge in [-0.15, -0.1) is 0 Å². The molecule has 38 heavy (non-hydrogen) atoms. The molecule has 1 aliphatic heterocycles. The molecule has 0 saturated carbocycles. The monoisotopic (exact) mass is 507 g/mol. The molecule has 0 fully saturated rings. The van der Waals surface area contributed by atoms with Crippen molar-refractivity contribution in [1.82, 2.24) is 14.0 Å². The van der Waals surface area contributed by atoms with Crippen LogP contribution in [0.4, 0.5) is 0 Å². The number of aromatic nitrogens is 2. The van der Waals surface area contributed by atoms with Crippen LogP contribution in [0.1, 0.15) is 40.7 Å². The maximum Gasteiger partial charge on any atom is 0.331 e. The second-order valence-corrected chi connectivity index (χ2v) is 10.2. The van der Waals surface area contributed by atoms with E-state index in [0.717, 1.165) is 23.1 Å². The third-order valence-corrected chi connectivity index (χ3v) is 7.54. The van der Waals surface area contributed by atoms with Gasteiger partial charge in [-0.3, -0.25) is 18.7 Å². The lowest BCUT2D eigenvalue weighted by Crippen LogP contribution is -2.42. The molecule has 0 bridgehead atoms. The number of carbonyl (C=O) groups is 1. The van der Waals surface area contributed by atoms with E-state index >= 15 is 0 Å². The summed E-state index contributed by atoms with van der Waals surface area (Å²) in [4.78, 5) is 41.9. The topological polar surface area (TPSA) is 64.3 Å². The first kappa shape index (κ1) is 25.5. The van der Waals surface area contributed by atoms with E-state index in [0.29, 0.717) is 30.5 Å². The molecule has 6 nitrogen and oxygen atoms in total. The Kier molecular flexibility index (Phi) is 7.14. The van der Waals surface area contributed by atoms with Crippen LogP contribution in [0.5, 0.6) is 0 Å². The Bertz CT molecular complexity index is 1640. The van der Waals surface area contributed by atoms with E-state index in [4.69, 9.17) is 0 Å². The second-order valence-electron chi connectivity index (χ2n) is 10.2. The van der Waals surface area contributed by atoms with Gasteiger partial charge in [0.05, 0.1) is 17.4 Å². The van der Waals surface area contributed by atoms with Crippen LogP contribution in [0.15, 0.2) is 82.4 Å². The van der Waals surface area contributed by atoms with Crippen molar-refractivity contribution in [2.45, 2.75) is 46.7 Å². The fourth-order valence-electron chi connectivity index (χ4n) is 5.51. The summed E-state index contributed by atoms with van der Waals surface area (Å²) in [6.45, 7) is 7.74. The fourth-order valence-corrected chi connectivity index (χ4v) is 5.51. The zero-order valence-electron chi connectivity index (χ0n) is 22.2. The molecule has 6 heteroatoms. The molecule has 0 N–H and O–H groups in total. The Balaban J connectivity index is 1.41. The minimum Gasteiger partial charge on any atom is -0.339 e. The van der Waals surface area contributed by atoms with E-state index in [1.54, 1.807) is 21.6 Å². The van der Waals surface area contributed by atoms with E-state index in [1.807, 2.05) is 44.2 Å². The van der Waals surface area contributed by atoms with Gasteiger partial charge in [-0.1, -0.05) is 66.2 Å². The number of hydrogen-bond donors (Lipinski definition) is 0. The Morgan fingerprint density at radius 2 is 1.55 bits per heavy atom. The van der Waals surface area contributed by atoms with E-state index in [2.05, 4.69) is 37.3 Å². The number of fused-ring (bicyclic) bond motifs is 1. The van der Waals surface area contributed by atoms with E-state index in [-0.39, 0.29) is 30.1 Å². The van der Waals surface area contributed by atoms with Crippen molar-refractivity contribution in [3.8, 4) is 0 Å². The summed E-state index contributed by atoms with van der Waals surface area (Å²) in [7, 11) is 0. The van der Waals surface area contributed by atoms with Gasteiger partial charge in [0, 0.05) is 26.1 Å². The van der Waals surface area contributed by atoms with E-state index < -0.39 is 0 Å². The summed E-state index contributed by atoms with van der Waals surface area (Å²) in [5.41, 5.74) is 6.76. The molecular formula is C32H33N3O3. The number of carbonyl (C=O) groups excluding carboxylic acids is 1. The van der Waals surface area contributed by atoms with Crippen LogP contribution in [0, 0.1) is 20.8 Å². The lowest BCUT2D eigenvalue weighted by atomic mass is 9.99. The first-order valence-electron chi connectivity index (χ1n) is 13.1. The molecule has 0 saturated heterocycles. The highest BCUT2D eigenvalue weighted by Crippen LogP contribution is 2.22. The number of rotatable bonds is 6. The maximum absolute atomic E-state index is 13.7. The van der Waals surface area contributed by atoms with Gasteiger partial charge in [0.25, 0.3) is 5.56 Å². The molecule has 3 aromatic carbocycles. The highest BCUT2D eigenvalue weighted by atomic mass is 16.2. The largest absolute Gasteiger partial charge is 0.339 e. The van der Waals surface area contributed by atoms with Gasteiger partial charge in [-0.05, 0) is 67.2 Å². The van der Waals surface area contributed by atoms with Crippen LogP contribution >= 0.6 is 0 Å². The third kappa shape index (κ3) is 4.99. The summed E-state index contributed by atoms with van der Waals surface area (Å²) in [6.07, 6.45) is 2.98. The Hall–Kier alpha value is -4.19. The van der Waals surface area contributed by atoms with Gasteiger partial charge < -0.3 is 4.90 Å². The number of hydrogen-bond acceptors (Lipinski definition) is 3. The van der Waals surface area contributed by atoms with Crippen LogP contribution in [0.25, 0.3) is 16.5 Å². The molecule has 1 aliphatic rings. The molecule has 0 atom stereocenters. The molecule has 2 heterocycles. The van der Waals surface area contributed by atoms with Gasteiger partial charge >= 0.3 is 5.69 Å². The first-order chi connectivity index (χ1) is 18.3. The third-order valence-electron chi connectivity index (χ3n) is 7.54. The zero-order chi connectivity index (χ0) is 26.8. The Morgan fingerprint density at radius 1 is 0.868 bits per heavy atom. The van der Waals surface area contributed by atoms with Gasteiger partial charge in [-0.25, -0.2) is 4.79 Å². The quantitative estimate of drug-likeness (QED) is 0.375. The number of amides is 1. The molecule has 0 aliphatic carbocycles. The van der Waals surface area contributed by atoms with Crippen molar-refractivity contribution in [2.75, 3.05) is 13.1 Å². The highest BCUT2D eigenvalue weighted by Gasteiger charge is 2.20. The summed E-state index contributed by atoms with van der Waals surface area (Å²) in [6, 6.07) is 21.6. The van der Waals surface area contributed by atoms with Gasteiger partial charge in [0.1, 0.15) is 0 Å². The van der Waals surface area contributed by atoms with Crippen molar-refractivity contribution in [3.63, 3.8) is 0 Å². The van der Waals surface area contributed by atoms with Crippen LogP contribution in [-0.2, 0) is 17.9 Å². The molecule has 1 amide bonds. The molecule has 4 aromatic rings. The average molecular weight is 508 g/mol. The Morgan fingerprint density at radius 3 is 2.24 bits per heavy atom. The zero-order valence-corrected chi connectivity index (χ0v) is 22.2. The number of para-hydroxylation sites is 1. The van der Waals surface area contributed by atoms with Crippen LogP contribution in [0.3, 0.4) is 0 Å². The molecule has 5 rings (SSSR count). The lowest BCUT2D eigenvalue weighted by molar-refractivity contribution is -0.131. The summed E-state index contributed by atoms with van der Waals surface area (Å²) in [5, 5.41) is 0.482. The minimum atomic E-state index is -0.384. The molecular weight excluding hydrogens is 474 g/mol. The molecule has 0 unspecified atom stereocenters. The SMILES string of the molecule is Cc1cc(C)c(Cn2c(=O)n(CCC(=O)N3CC=C(c4ccccc4)CC3)c(=O)c3ccccc32)c(C)c1. The first-order valence-corrected chi connectivity index (χ1v) is 13.1. The molecule has 0 radical (unpaired) electrons. The van der Waals surface area contributed by atoms with Crippen molar-refractivity contribution in [3.05, 3.63) is 121 Å². The standard InChI is InChI=1S/C32H33N3O3/c1-22-19-23(2)28(24(3)20-22)21-35-29-12-8-7-11-27(29)31(37)34(32(35)38)18-15-30(36)33-16-13-26(14-17-33)25-9-5-4-6-10-25/h4-13,19-20H,14-18,21H2,1-3H3.